The standard InChI is InChI=1S/C51H86O24/c1-20(19-67-45-39(62)36(59)33(56)28(15-52)69-45)7-12-51(66)21(2)32-27(75-51)14-26-24-6-5-22-13-23(8-10-49(22,3)25(24)9-11-50(26,32)4)68-48-42(65)44(74-47-41(64)38(61)35(58)30(17-54)71-47)43(31(18-55)72-48)73-46-40(63)37(60)34(57)29(16-53)70-46/h20-48,52-66H,5-19H2,1-4H3/t20-,21+,22-,23+,24-,25+,26+,27+,28-,29+,30+,31+,32+,33+,34-,35-,36-,37+,38+,39-,40+,41+,42+,43-,44-,45+,46+,47+,48-,49+,50+,51-/m1/s1. The molecule has 4 aliphatic carbocycles. The molecule has 5 aliphatic heterocycles. The molecule has 0 radical (unpaired) electrons. The lowest BCUT2D eigenvalue weighted by atomic mass is 9.44. The molecule has 0 spiro atoms. The average molecular weight is 1080 g/mol. The van der Waals surface area contributed by atoms with E-state index in [2.05, 4.69) is 20.8 Å². The molecule has 5 heterocycles. The van der Waals surface area contributed by atoms with Gasteiger partial charge in [-0.3, -0.25) is 0 Å². The molecule has 0 aromatic heterocycles. The highest BCUT2D eigenvalue weighted by atomic mass is 16.8. The summed E-state index contributed by atoms with van der Waals surface area (Å²) < 4.78 is 54.1. The SMILES string of the molecule is C[C@H](CC[C@@]1(O)O[C@H]2C[C@H]3[C@@H]4CC[C@@H]5C[C@@H](O[C@@H]6O[C@@H](CO)[C@@H](O[C@@H]7O[C@@H](CO)[C@@H](O)[C@H](O)[C@@H]7O)[C@H](O[C@@H]7O[C@@H](CO)[C@@H](O)[C@H](O)[C@@H]7O)[C@@H]6O)CC[C@]5(C)[C@H]4CC[C@]3(C)[C@H]2[C@@H]1C)CO[C@H]1O[C@H](CO)[C@H](O)[C@@H](O)[C@H]1O. The van der Waals surface area contributed by atoms with Crippen molar-refractivity contribution in [3.63, 3.8) is 0 Å². The van der Waals surface area contributed by atoms with Crippen LogP contribution in [0.4, 0.5) is 0 Å². The van der Waals surface area contributed by atoms with Crippen LogP contribution in [0.1, 0.15) is 91.9 Å². The first-order chi connectivity index (χ1) is 35.5. The fraction of sp³-hybridized carbons (Fsp3) is 1.00. The predicted molar refractivity (Wildman–Crippen MR) is 252 cm³/mol. The molecule has 9 fully saturated rings. The molecule has 5 saturated heterocycles. The first-order valence-corrected chi connectivity index (χ1v) is 27.4. The van der Waals surface area contributed by atoms with Crippen LogP contribution in [0.15, 0.2) is 0 Å². The quantitative estimate of drug-likeness (QED) is 0.0656. The van der Waals surface area contributed by atoms with Crippen LogP contribution in [-0.4, -0.2) is 250 Å². The van der Waals surface area contributed by atoms with Gasteiger partial charge in [-0.2, -0.15) is 0 Å². The normalized spacial score (nSPS) is 55.4. The maximum absolute atomic E-state index is 12.1. The minimum Gasteiger partial charge on any atom is -0.394 e. The number of aliphatic hydroxyl groups is 15. The van der Waals surface area contributed by atoms with Crippen molar-refractivity contribution in [1.82, 2.24) is 0 Å². The monoisotopic (exact) mass is 1080 g/mol. The molecule has 0 bridgehead atoms. The van der Waals surface area contributed by atoms with Crippen molar-refractivity contribution in [2.24, 2.45) is 52.3 Å². The van der Waals surface area contributed by atoms with Gasteiger partial charge in [-0.1, -0.05) is 27.7 Å². The van der Waals surface area contributed by atoms with Gasteiger partial charge < -0.3 is 119 Å². The Balaban J connectivity index is 0.829. The Bertz CT molecular complexity index is 1870. The maximum atomic E-state index is 12.1. The average Bonchev–Trinajstić information content (AvgIpc) is 3.84. The first-order valence-electron chi connectivity index (χ1n) is 27.4. The highest BCUT2D eigenvalue weighted by molar-refractivity contribution is 5.15. The van der Waals surface area contributed by atoms with E-state index in [1.165, 1.54) is 0 Å². The van der Waals surface area contributed by atoms with Crippen LogP contribution in [0.3, 0.4) is 0 Å². The molecule has 32 atom stereocenters. The highest BCUT2D eigenvalue weighted by Crippen LogP contribution is 2.71. The molecule has 9 aliphatic rings. The Morgan fingerprint density at radius 3 is 1.61 bits per heavy atom. The Morgan fingerprint density at radius 2 is 1.04 bits per heavy atom. The third-order valence-electron chi connectivity index (χ3n) is 20.1. The molecule has 0 aromatic carbocycles. The third kappa shape index (κ3) is 10.7. The molecule has 75 heavy (non-hydrogen) atoms. The lowest BCUT2D eigenvalue weighted by molar-refractivity contribution is -0.390. The minimum atomic E-state index is -1.91. The van der Waals surface area contributed by atoms with E-state index in [0.717, 1.165) is 38.5 Å². The topological polar surface area (TPSA) is 387 Å². The number of aliphatic hydroxyl groups excluding tert-OH is 14. The van der Waals surface area contributed by atoms with Gasteiger partial charge in [0, 0.05) is 12.3 Å². The number of fused-ring (bicyclic) bond motifs is 7. The second-order valence-corrected chi connectivity index (χ2v) is 24.3. The second kappa shape index (κ2) is 23.1. The van der Waals surface area contributed by atoms with Crippen LogP contribution in [0.5, 0.6) is 0 Å². The van der Waals surface area contributed by atoms with Crippen molar-refractivity contribution in [1.29, 1.82) is 0 Å². The largest absolute Gasteiger partial charge is 0.394 e. The predicted octanol–water partition coefficient (Wildman–Crippen LogP) is -3.95. The van der Waals surface area contributed by atoms with Gasteiger partial charge in [0.25, 0.3) is 0 Å². The van der Waals surface area contributed by atoms with E-state index in [1.54, 1.807) is 0 Å². The zero-order chi connectivity index (χ0) is 54.2. The van der Waals surface area contributed by atoms with E-state index < -0.39 is 161 Å². The Kier molecular flexibility index (Phi) is 18.1. The lowest BCUT2D eigenvalue weighted by Gasteiger charge is -2.61. The number of ether oxygens (including phenoxy) is 9. The van der Waals surface area contributed by atoms with E-state index >= 15 is 0 Å². The van der Waals surface area contributed by atoms with Crippen molar-refractivity contribution < 1.29 is 119 Å². The summed E-state index contributed by atoms with van der Waals surface area (Å²) in [6, 6.07) is 0. The summed E-state index contributed by atoms with van der Waals surface area (Å²) in [5, 5.41) is 159. The van der Waals surface area contributed by atoms with Crippen molar-refractivity contribution in [2.45, 2.75) is 233 Å². The van der Waals surface area contributed by atoms with E-state index in [1.807, 2.05) is 6.92 Å². The van der Waals surface area contributed by atoms with Crippen LogP contribution in [-0.2, 0) is 42.6 Å². The van der Waals surface area contributed by atoms with Crippen molar-refractivity contribution >= 4 is 0 Å². The van der Waals surface area contributed by atoms with Gasteiger partial charge in [-0.25, -0.2) is 0 Å². The van der Waals surface area contributed by atoms with Gasteiger partial charge in [0.05, 0.1) is 45.2 Å². The summed E-state index contributed by atoms with van der Waals surface area (Å²) in [5.41, 5.74) is -0.0744. The fourth-order valence-corrected chi connectivity index (χ4v) is 15.7. The highest BCUT2D eigenvalue weighted by Gasteiger charge is 2.68. The van der Waals surface area contributed by atoms with Crippen LogP contribution < -0.4 is 0 Å². The van der Waals surface area contributed by atoms with Crippen molar-refractivity contribution in [3.05, 3.63) is 0 Å². The molecule has 9 rings (SSSR count). The molecule has 15 N–H and O–H groups in total. The van der Waals surface area contributed by atoms with Gasteiger partial charge in [-0.15, -0.1) is 0 Å². The van der Waals surface area contributed by atoms with Gasteiger partial charge >= 0.3 is 0 Å². The number of hydrogen-bond donors (Lipinski definition) is 15. The summed E-state index contributed by atoms with van der Waals surface area (Å²) >= 11 is 0. The summed E-state index contributed by atoms with van der Waals surface area (Å²) in [6.07, 6.45) is -24.6. The summed E-state index contributed by atoms with van der Waals surface area (Å²) in [4.78, 5) is 0. The number of rotatable bonds is 16. The number of hydrogen-bond acceptors (Lipinski definition) is 24. The van der Waals surface area contributed by atoms with Crippen molar-refractivity contribution in [3.8, 4) is 0 Å². The molecule has 24 nitrogen and oxygen atoms in total. The van der Waals surface area contributed by atoms with Gasteiger partial charge in [-0.05, 0) is 104 Å². The Morgan fingerprint density at radius 1 is 0.533 bits per heavy atom. The van der Waals surface area contributed by atoms with E-state index in [-0.39, 0.29) is 47.2 Å². The van der Waals surface area contributed by atoms with E-state index in [9.17, 15) is 76.6 Å². The van der Waals surface area contributed by atoms with Crippen LogP contribution >= 0.6 is 0 Å². The van der Waals surface area contributed by atoms with Crippen LogP contribution in [0.25, 0.3) is 0 Å². The zero-order valence-corrected chi connectivity index (χ0v) is 43.2. The lowest BCUT2D eigenvalue weighted by Crippen LogP contribution is -2.67. The van der Waals surface area contributed by atoms with Gasteiger partial charge in [0.2, 0.25) is 0 Å². The molecular formula is C51H86O24. The molecule has 0 amide bonds. The molecule has 24 heteroatoms. The Hall–Kier alpha value is -0.960. The molecule has 4 saturated carbocycles. The summed E-state index contributed by atoms with van der Waals surface area (Å²) in [6.45, 7) is 6.11. The molecule has 434 valence electrons. The minimum absolute atomic E-state index is 0.0262. The van der Waals surface area contributed by atoms with E-state index in [4.69, 9.17) is 42.6 Å². The Labute approximate surface area is 436 Å². The van der Waals surface area contributed by atoms with Gasteiger partial charge in [0.1, 0.15) is 97.7 Å². The summed E-state index contributed by atoms with van der Waals surface area (Å²) in [5.74, 6) is 0.142. The fourth-order valence-electron chi connectivity index (χ4n) is 15.7. The molecular weight excluding hydrogens is 997 g/mol. The van der Waals surface area contributed by atoms with Gasteiger partial charge in [0.15, 0.2) is 30.9 Å². The first kappa shape index (κ1) is 58.7. The smallest absolute Gasteiger partial charge is 0.187 e. The maximum Gasteiger partial charge on any atom is 0.187 e. The zero-order valence-electron chi connectivity index (χ0n) is 43.2. The van der Waals surface area contributed by atoms with E-state index in [0.29, 0.717) is 43.4 Å². The molecule has 0 aromatic rings. The van der Waals surface area contributed by atoms with Crippen LogP contribution in [0.2, 0.25) is 0 Å². The molecule has 0 unspecified atom stereocenters. The summed E-state index contributed by atoms with van der Waals surface area (Å²) in [7, 11) is 0. The second-order valence-electron chi connectivity index (χ2n) is 24.3. The van der Waals surface area contributed by atoms with Crippen molar-refractivity contribution in [2.75, 3.05) is 33.0 Å². The van der Waals surface area contributed by atoms with Crippen LogP contribution in [0, 0.1) is 52.3 Å². The third-order valence-corrected chi connectivity index (χ3v) is 20.1.